The second kappa shape index (κ2) is 7.24. The number of benzene rings is 2. The van der Waals surface area contributed by atoms with Gasteiger partial charge in [-0.25, -0.2) is 4.98 Å². The van der Waals surface area contributed by atoms with Gasteiger partial charge in [0.15, 0.2) is 0 Å². The molecule has 0 saturated carbocycles. The smallest absolute Gasteiger partial charge is 0.229 e. The predicted molar refractivity (Wildman–Crippen MR) is 105 cm³/mol. The van der Waals surface area contributed by atoms with E-state index in [-0.39, 0.29) is 0 Å². The molecule has 0 aliphatic carbocycles. The van der Waals surface area contributed by atoms with Gasteiger partial charge in [-0.2, -0.15) is 10.2 Å². The molecule has 3 aromatic rings. The maximum Gasteiger partial charge on any atom is 0.229 e. The highest BCUT2D eigenvalue weighted by Crippen LogP contribution is 2.25. The maximum absolute atomic E-state index is 9.04. The highest BCUT2D eigenvalue weighted by molar-refractivity contribution is 5.66. The summed E-state index contributed by atoms with van der Waals surface area (Å²) >= 11 is 0. The van der Waals surface area contributed by atoms with Gasteiger partial charge in [0.05, 0.1) is 11.6 Å². The Labute approximate surface area is 153 Å². The minimum absolute atomic E-state index is 0.541. The summed E-state index contributed by atoms with van der Waals surface area (Å²) in [7, 11) is 0. The van der Waals surface area contributed by atoms with Crippen LogP contribution in [-0.4, -0.2) is 9.97 Å². The van der Waals surface area contributed by atoms with Crippen LogP contribution >= 0.6 is 0 Å². The quantitative estimate of drug-likeness (QED) is 0.692. The van der Waals surface area contributed by atoms with Crippen molar-refractivity contribution in [1.82, 2.24) is 9.97 Å². The fourth-order valence-corrected chi connectivity index (χ4v) is 2.99. The number of anilines is 4. The van der Waals surface area contributed by atoms with E-state index >= 15 is 0 Å². The molecular formula is C21H21N5. The van der Waals surface area contributed by atoms with Crippen LogP contribution in [0.15, 0.2) is 42.5 Å². The van der Waals surface area contributed by atoms with E-state index in [9.17, 15) is 0 Å². The second-order valence-electron chi connectivity index (χ2n) is 6.43. The molecule has 1 aromatic heterocycles. The first kappa shape index (κ1) is 17.4. The van der Waals surface area contributed by atoms with Crippen molar-refractivity contribution >= 4 is 23.1 Å². The fraction of sp³-hybridized carbons (Fsp3) is 0.190. The number of hydrogen-bond acceptors (Lipinski definition) is 5. The highest BCUT2D eigenvalue weighted by Gasteiger charge is 2.08. The Morgan fingerprint density at radius 2 is 1.62 bits per heavy atom. The van der Waals surface area contributed by atoms with Crippen LogP contribution in [0.3, 0.4) is 0 Å². The SMILES string of the molecule is Cc1cc(C)c(Nc2nc(C)cc(Nc3cccc(C#N)c3)n2)c(C)c1. The topological polar surface area (TPSA) is 73.6 Å². The summed E-state index contributed by atoms with van der Waals surface area (Å²) in [6.45, 7) is 8.16. The molecule has 0 saturated heterocycles. The third-order valence-electron chi connectivity index (χ3n) is 4.03. The predicted octanol–water partition coefficient (Wildman–Crippen LogP) is 5.07. The van der Waals surface area contributed by atoms with Crippen LogP contribution in [0.4, 0.5) is 23.1 Å². The van der Waals surface area contributed by atoms with Crippen molar-refractivity contribution in [1.29, 1.82) is 5.26 Å². The molecule has 1 heterocycles. The number of aryl methyl sites for hydroxylation is 4. The third kappa shape index (κ3) is 3.98. The Morgan fingerprint density at radius 3 is 2.31 bits per heavy atom. The van der Waals surface area contributed by atoms with E-state index in [0.717, 1.165) is 28.2 Å². The summed E-state index contributed by atoms with van der Waals surface area (Å²) in [5.74, 6) is 1.22. The normalized spacial score (nSPS) is 10.3. The van der Waals surface area contributed by atoms with E-state index < -0.39 is 0 Å². The van der Waals surface area contributed by atoms with Crippen LogP contribution in [0.25, 0.3) is 0 Å². The third-order valence-corrected chi connectivity index (χ3v) is 4.03. The van der Waals surface area contributed by atoms with Crippen molar-refractivity contribution in [3.63, 3.8) is 0 Å². The van der Waals surface area contributed by atoms with Crippen LogP contribution in [0.2, 0.25) is 0 Å². The van der Waals surface area contributed by atoms with E-state index in [0.29, 0.717) is 17.3 Å². The number of nitrogens with zero attached hydrogens (tertiary/aromatic N) is 3. The van der Waals surface area contributed by atoms with E-state index in [1.807, 2.05) is 25.1 Å². The Hall–Kier alpha value is -3.39. The standard InChI is InChI=1S/C21H21N5/c1-13-8-14(2)20(15(3)9-13)26-21-23-16(4)10-19(25-21)24-18-7-5-6-17(11-18)12-22/h5-11H,1-4H3,(H2,23,24,25,26). The van der Waals surface area contributed by atoms with Gasteiger partial charge in [-0.15, -0.1) is 0 Å². The zero-order valence-electron chi connectivity index (χ0n) is 15.4. The largest absolute Gasteiger partial charge is 0.340 e. The molecule has 0 unspecified atom stereocenters. The van der Waals surface area contributed by atoms with Gasteiger partial charge >= 0.3 is 0 Å². The van der Waals surface area contributed by atoms with Crippen LogP contribution in [0.1, 0.15) is 27.9 Å². The van der Waals surface area contributed by atoms with Gasteiger partial charge in [0.25, 0.3) is 0 Å². The van der Waals surface area contributed by atoms with Gasteiger partial charge in [0.1, 0.15) is 5.82 Å². The van der Waals surface area contributed by atoms with Crippen molar-refractivity contribution in [3.8, 4) is 6.07 Å². The zero-order valence-corrected chi connectivity index (χ0v) is 15.4. The minimum atomic E-state index is 0.541. The number of nitrogens with one attached hydrogen (secondary N) is 2. The summed E-state index contributed by atoms with van der Waals surface area (Å²) in [6.07, 6.45) is 0. The lowest BCUT2D eigenvalue weighted by Gasteiger charge is -2.14. The molecule has 5 heteroatoms. The van der Waals surface area contributed by atoms with Gasteiger partial charge in [-0.1, -0.05) is 23.8 Å². The van der Waals surface area contributed by atoms with Gasteiger partial charge < -0.3 is 10.6 Å². The van der Waals surface area contributed by atoms with E-state index in [4.69, 9.17) is 5.26 Å². The summed E-state index contributed by atoms with van der Waals surface area (Å²) < 4.78 is 0. The molecule has 0 radical (unpaired) electrons. The molecule has 0 spiro atoms. The second-order valence-corrected chi connectivity index (χ2v) is 6.43. The molecular weight excluding hydrogens is 322 g/mol. The molecule has 26 heavy (non-hydrogen) atoms. The molecule has 3 rings (SSSR count). The zero-order chi connectivity index (χ0) is 18.7. The molecule has 2 N–H and O–H groups in total. The Morgan fingerprint density at radius 1 is 0.885 bits per heavy atom. The van der Waals surface area contributed by atoms with E-state index in [1.54, 1.807) is 12.1 Å². The number of hydrogen-bond donors (Lipinski definition) is 2. The van der Waals surface area contributed by atoms with Crippen molar-refractivity contribution in [3.05, 3.63) is 70.4 Å². The van der Waals surface area contributed by atoms with E-state index in [1.165, 1.54) is 5.56 Å². The van der Waals surface area contributed by atoms with Crippen LogP contribution < -0.4 is 10.6 Å². The average Bonchev–Trinajstić information content (AvgIpc) is 2.58. The Kier molecular flexibility index (Phi) is 4.85. The van der Waals surface area contributed by atoms with Crippen molar-refractivity contribution in [2.24, 2.45) is 0 Å². The molecule has 5 nitrogen and oxygen atoms in total. The van der Waals surface area contributed by atoms with Crippen LogP contribution in [-0.2, 0) is 0 Å². The molecule has 0 fully saturated rings. The van der Waals surface area contributed by atoms with Crippen LogP contribution in [0.5, 0.6) is 0 Å². The molecule has 130 valence electrons. The summed E-state index contributed by atoms with van der Waals surface area (Å²) in [5.41, 5.74) is 6.84. The van der Waals surface area contributed by atoms with Crippen molar-refractivity contribution in [2.45, 2.75) is 27.7 Å². The molecule has 0 aliphatic heterocycles. The van der Waals surface area contributed by atoms with Crippen LogP contribution in [0, 0.1) is 39.0 Å². The van der Waals surface area contributed by atoms with E-state index in [2.05, 4.69) is 59.6 Å². The number of aromatic nitrogens is 2. The highest BCUT2D eigenvalue weighted by atomic mass is 15.1. The summed E-state index contributed by atoms with van der Waals surface area (Å²) in [6, 6.07) is 15.6. The Bertz CT molecular complexity index is 979. The van der Waals surface area contributed by atoms with Gasteiger partial charge in [-0.3, -0.25) is 0 Å². The fourth-order valence-electron chi connectivity index (χ4n) is 2.99. The lowest BCUT2D eigenvalue weighted by atomic mass is 10.1. The first-order valence-electron chi connectivity index (χ1n) is 8.42. The van der Waals surface area contributed by atoms with Gasteiger partial charge in [-0.05, 0) is 57.0 Å². The molecule has 2 aromatic carbocycles. The lowest BCUT2D eigenvalue weighted by molar-refractivity contribution is 1.10. The molecule has 0 bridgehead atoms. The number of nitriles is 1. The molecule has 0 amide bonds. The van der Waals surface area contributed by atoms with Crippen molar-refractivity contribution < 1.29 is 0 Å². The first-order valence-corrected chi connectivity index (χ1v) is 8.42. The first-order chi connectivity index (χ1) is 12.4. The molecule has 0 atom stereocenters. The summed E-state index contributed by atoms with van der Waals surface area (Å²) in [4.78, 5) is 9.06. The van der Waals surface area contributed by atoms with Gasteiger partial charge in [0.2, 0.25) is 5.95 Å². The van der Waals surface area contributed by atoms with Gasteiger partial charge in [0, 0.05) is 23.1 Å². The lowest BCUT2D eigenvalue weighted by Crippen LogP contribution is -2.04. The Balaban J connectivity index is 1.90. The minimum Gasteiger partial charge on any atom is -0.340 e. The summed E-state index contributed by atoms with van der Waals surface area (Å²) in [5, 5.41) is 15.6. The van der Waals surface area contributed by atoms with Crippen molar-refractivity contribution in [2.75, 3.05) is 10.6 Å². The number of rotatable bonds is 4. The monoisotopic (exact) mass is 343 g/mol. The maximum atomic E-state index is 9.04. The average molecular weight is 343 g/mol. The molecule has 0 aliphatic rings.